The minimum absolute atomic E-state index is 0. The van der Waals surface area contributed by atoms with Crippen molar-refractivity contribution in [1.82, 2.24) is 9.99 Å². The summed E-state index contributed by atoms with van der Waals surface area (Å²) in [5.41, 5.74) is 2.89. The molecule has 1 aromatic carbocycles. The molecule has 2 amide bonds. The minimum Gasteiger partial charge on any atom is -0.464 e. The van der Waals surface area contributed by atoms with Gasteiger partial charge in [-0.25, -0.2) is 20.6 Å². The van der Waals surface area contributed by atoms with Crippen LogP contribution in [0, 0.1) is 0 Å². The van der Waals surface area contributed by atoms with Crippen molar-refractivity contribution in [2.24, 2.45) is 5.84 Å². The number of aryl methyl sites for hydroxylation is 2. The zero-order chi connectivity index (χ0) is 16.8. The van der Waals surface area contributed by atoms with Crippen molar-refractivity contribution in [3.63, 3.8) is 0 Å². The number of hydrogen-bond acceptors (Lipinski definition) is 5. The summed E-state index contributed by atoms with van der Waals surface area (Å²) < 4.78 is 0. The molecule has 0 saturated heterocycles. The number of nitrogens with one attached hydrogen (secondary N) is 1. The van der Waals surface area contributed by atoms with E-state index < -0.39 is 6.09 Å². The van der Waals surface area contributed by atoms with E-state index in [2.05, 4.69) is 10.3 Å². The summed E-state index contributed by atoms with van der Waals surface area (Å²) in [6.45, 7) is 1.61. The number of hydrogen-bond donors (Lipinski definition) is 3. The summed E-state index contributed by atoms with van der Waals surface area (Å²) in [5, 5.41) is 14.7. The zero-order valence-electron chi connectivity index (χ0n) is 13.1. The fraction of sp³-hybridized carbons (Fsp3) is 0.267. The average molecular weight is 371 g/mol. The van der Waals surface area contributed by atoms with Crippen LogP contribution >= 0.6 is 23.7 Å². The fourth-order valence-electron chi connectivity index (χ4n) is 1.98. The van der Waals surface area contributed by atoms with Crippen LogP contribution in [0.1, 0.15) is 23.7 Å². The molecule has 2 rings (SSSR count). The maximum Gasteiger partial charge on any atom is 0.421 e. The standard InChI is InChI=1S/C15H18N4O3S.ClH/c1-10(20)17-14-18-13(9-23-14)7-6-11-2-4-12(5-3-11)8-19(16)15(21)22;/h2-5,9H,6-8,16H2,1H3,(H,21,22)(H,17,18,20);1H. The molecule has 130 valence electrons. The predicted molar refractivity (Wildman–Crippen MR) is 95.3 cm³/mol. The molecule has 24 heavy (non-hydrogen) atoms. The first-order valence-corrected chi connectivity index (χ1v) is 7.87. The Labute approximate surface area is 149 Å². The third-order valence-electron chi connectivity index (χ3n) is 3.13. The number of rotatable bonds is 6. The molecular weight excluding hydrogens is 352 g/mol. The average Bonchev–Trinajstić information content (AvgIpc) is 2.93. The Morgan fingerprint density at radius 1 is 1.25 bits per heavy atom. The first-order valence-electron chi connectivity index (χ1n) is 6.99. The van der Waals surface area contributed by atoms with Gasteiger partial charge in [0.15, 0.2) is 5.13 Å². The molecule has 2 aromatic rings. The topological polar surface area (TPSA) is 109 Å². The minimum atomic E-state index is -1.16. The fourth-order valence-corrected chi connectivity index (χ4v) is 2.77. The van der Waals surface area contributed by atoms with E-state index in [1.807, 2.05) is 29.6 Å². The molecular formula is C15H19ClN4O3S. The molecule has 0 spiro atoms. The van der Waals surface area contributed by atoms with Gasteiger partial charge in [0.2, 0.25) is 5.91 Å². The largest absolute Gasteiger partial charge is 0.464 e. The predicted octanol–water partition coefficient (Wildman–Crippen LogP) is 2.66. The van der Waals surface area contributed by atoms with Gasteiger partial charge in [-0.15, -0.1) is 23.7 Å². The number of halogens is 1. The number of carbonyl (C=O) groups is 2. The highest BCUT2D eigenvalue weighted by atomic mass is 35.5. The number of nitrogens with zero attached hydrogens (tertiary/aromatic N) is 2. The Balaban J connectivity index is 0.00000288. The Kier molecular flexibility index (Phi) is 7.63. The van der Waals surface area contributed by atoms with Crippen LogP contribution < -0.4 is 11.2 Å². The van der Waals surface area contributed by atoms with Crippen molar-refractivity contribution in [3.8, 4) is 0 Å². The van der Waals surface area contributed by atoms with Crippen molar-refractivity contribution >= 4 is 40.9 Å². The molecule has 4 N–H and O–H groups in total. The lowest BCUT2D eigenvalue weighted by atomic mass is 10.1. The second-order valence-electron chi connectivity index (χ2n) is 5.05. The van der Waals surface area contributed by atoms with E-state index in [1.165, 1.54) is 18.3 Å². The first kappa shape index (κ1) is 19.9. The van der Waals surface area contributed by atoms with Gasteiger partial charge in [-0.1, -0.05) is 24.3 Å². The van der Waals surface area contributed by atoms with Crippen LogP contribution in [0.5, 0.6) is 0 Å². The summed E-state index contributed by atoms with van der Waals surface area (Å²) in [7, 11) is 0. The molecule has 0 unspecified atom stereocenters. The van der Waals surface area contributed by atoms with E-state index in [4.69, 9.17) is 10.9 Å². The Morgan fingerprint density at radius 3 is 2.46 bits per heavy atom. The van der Waals surface area contributed by atoms with Crippen LogP contribution in [0.2, 0.25) is 0 Å². The Hall–Kier alpha value is -2.16. The van der Waals surface area contributed by atoms with Gasteiger partial charge in [-0.3, -0.25) is 4.79 Å². The van der Waals surface area contributed by atoms with E-state index in [9.17, 15) is 9.59 Å². The molecule has 1 heterocycles. The van der Waals surface area contributed by atoms with Gasteiger partial charge in [0.25, 0.3) is 0 Å². The van der Waals surface area contributed by atoms with Gasteiger partial charge in [0.05, 0.1) is 12.2 Å². The lowest BCUT2D eigenvalue weighted by Gasteiger charge is -2.12. The van der Waals surface area contributed by atoms with Crippen LogP contribution in [0.15, 0.2) is 29.6 Å². The number of nitrogens with two attached hydrogens (primary N) is 1. The summed E-state index contributed by atoms with van der Waals surface area (Å²) in [6, 6.07) is 7.63. The van der Waals surface area contributed by atoms with Crippen molar-refractivity contribution in [2.75, 3.05) is 5.32 Å². The maximum atomic E-state index is 11.0. The molecule has 0 atom stereocenters. The van der Waals surface area contributed by atoms with Crippen LogP contribution in [-0.2, 0) is 24.2 Å². The summed E-state index contributed by atoms with van der Waals surface area (Å²) in [5.74, 6) is 5.23. The Morgan fingerprint density at radius 2 is 1.88 bits per heavy atom. The summed E-state index contributed by atoms with van der Waals surface area (Å²) in [6.07, 6.45) is 0.426. The van der Waals surface area contributed by atoms with Crippen LogP contribution in [0.25, 0.3) is 0 Å². The third kappa shape index (κ3) is 6.15. The molecule has 0 aliphatic carbocycles. The molecule has 1 aromatic heterocycles. The molecule has 7 nitrogen and oxygen atoms in total. The zero-order valence-corrected chi connectivity index (χ0v) is 14.7. The van der Waals surface area contributed by atoms with Gasteiger partial charge < -0.3 is 10.4 Å². The second kappa shape index (κ2) is 9.21. The van der Waals surface area contributed by atoms with E-state index in [0.29, 0.717) is 5.13 Å². The van der Waals surface area contributed by atoms with Crippen molar-refractivity contribution in [3.05, 3.63) is 46.5 Å². The number of amides is 2. The monoisotopic (exact) mass is 370 g/mol. The molecule has 0 aliphatic heterocycles. The van der Waals surface area contributed by atoms with E-state index in [-0.39, 0.29) is 24.9 Å². The van der Waals surface area contributed by atoms with Gasteiger partial charge in [0, 0.05) is 12.3 Å². The van der Waals surface area contributed by atoms with Crippen molar-refractivity contribution in [2.45, 2.75) is 26.3 Å². The van der Waals surface area contributed by atoms with Crippen molar-refractivity contribution in [1.29, 1.82) is 0 Å². The van der Waals surface area contributed by atoms with Crippen LogP contribution in [0.4, 0.5) is 9.93 Å². The number of anilines is 1. The van der Waals surface area contributed by atoms with Gasteiger partial charge in [0.1, 0.15) is 0 Å². The maximum absolute atomic E-state index is 11.0. The quantitative estimate of drug-likeness (QED) is 0.411. The number of aromatic nitrogens is 1. The molecule has 0 fully saturated rings. The van der Waals surface area contributed by atoms with Crippen LogP contribution in [0.3, 0.4) is 0 Å². The molecule has 0 bridgehead atoms. The van der Waals surface area contributed by atoms with Gasteiger partial charge >= 0.3 is 6.09 Å². The van der Waals surface area contributed by atoms with E-state index in [0.717, 1.165) is 34.7 Å². The SMILES string of the molecule is CC(=O)Nc1nc(CCc2ccc(CN(N)C(=O)O)cc2)cs1.Cl. The lowest BCUT2D eigenvalue weighted by Crippen LogP contribution is -2.35. The Bertz CT molecular complexity index is 690. The number of carbonyl (C=O) groups excluding carboxylic acids is 1. The van der Waals surface area contributed by atoms with Gasteiger partial charge in [-0.05, 0) is 24.0 Å². The normalized spacial score (nSPS) is 9.92. The van der Waals surface area contributed by atoms with E-state index in [1.54, 1.807) is 0 Å². The molecule has 0 saturated carbocycles. The number of hydrazine groups is 1. The van der Waals surface area contributed by atoms with Gasteiger partial charge in [-0.2, -0.15) is 0 Å². The highest BCUT2D eigenvalue weighted by Crippen LogP contribution is 2.17. The summed E-state index contributed by atoms with van der Waals surface area (Å²) in [4.78, 5) is 26.0. The smallest absolute Gasteiger partial charge is 0.421 e. The highest BCUT2D eigenvalue weighted by molar-refractivity contribution is 7.13. The van der Waals surface area contributed by atoms with E-state index >= 15 is 0 Å². The van der Waals surface area contributed by atoms with Crippen molar-refractivity contribution < 1.29 is 14.7 Å². The lowest BCUT2D eigenvalue weighted by molar-refractivity contribution is -0.114. The summed E-state index contributed by atoms with van der Waals surface area (Å²) >= 11 is 1.41. The third-order valence-corrected chi connectivity index (χ3v) is 3.93. The second-order valence-corrected chi connectivity index (χ2v) is 5.91. The van der Waals surface area contributed by atoms with Crippen LogP contribution in [-0.4, -0.2) is 27.1 Å². The number of thiazole rings is 1. The molecule has 9 heteroatoms. The molecule has 0 radical (unpaired) electrons. The number of carboxylic acid groups (broad SMARTS) is 1. The highest BCUT2D eigenvalue weighted by Gasteiger charge is 2.07. The first-order chi connectivity index (χ1) is 10.9. The number of benzene rings is 1. The molecule has 0 aliphatic rings.